The van der Waals surface area contributed by atoms with Gasteiger partial charge in [0, 0.05) is 26.3 Å². The zero-order chi connectivity index (χ0) is 27.0. The lowest BCUT2D eigenvalue weighted by atomic mass is 10.2. The maximum absolute atomic E-state index is 13.6. The Balaban J connectivity index is 1.67. The molecular weight excluding hydrogens is 521 g/mol. The van der Waals surface area contributed by atoms with Crippen LogP contribution in [0.2, 0.25) is 0 Å². The largest absolute Gasteiger partial charge is 0.497 e. The van der Waals surface area contributed by atoms with Crippen LogP contribution in [0.25, 0.3) is 0 Å². The average molecular weight is 548 g/mol. The van der Waals surface area contributed by atoms with Crippen LogP contribution in [-0.2, 0) is 31.3 Å². The molecule has 0 saturated carbocycles. The summed E-state index contributed by atoms with van der Waals surface area (Å²) in [5.74, 6) is -0.593. The molecule has 9 nitrogen and oxygen atoms in total. The number of ether oxygens (including phenoxy) is 1. The summed E-state index contributed by atoms with van der Waals surface area (Å²) in [7, 11) is -3.52. The molecule has 0 spiro atoms. The predicted molar refractivity (Wildman–Crippen MR) is 137 cm³/mol. The van der Waals surface area contributed by atoms with Crippen molar-refractivity contribution in [3.63, 3.8) is 0 Å². The van der Waals surface area contributed by atoms with E-state index in [2.05, 4.69) is 0 Å². The molecule has 196 valence electrons. The van der Waals surface area contributed by atoms with Gasteiger partial charge in [-0.3, -0.25) is 9.10 Å². The first-order valence-corrected chi connectivity index (χ1v) is 14.1. The van der Waals surface area contributed by atoms with Gasteiger partial charge in [-0.15, -0.1) is 0 Å². The molecule has 0 saturated heterocycles. The lowest BCUT2D eigenvalue weighted by molar-refractivity contribution is -0.117. The van der Waals surface area contributed by atoms with Gasteiger partial charge in [0.1, 0.15) is 18.1 Å². The number of methoxy groups -OCH3 is 1. The van der Waals surface area contributed by atoms with Crippen LogP contribution in [-0.4, -0.2) is 61.3 Å². The molecule has 0 fully saturated rings. The third-order valence-corrected chi connectivity index (χ3v) is 9.67. The van der Waals surface area contributed by atoms with Gasteiger partial charge in [0.15, 0.2) is 0 Å². The molecule has 1 aliphatic heterocycles. The second-order valence-electron chi connectivity index (χ2n) is 8.54. The first kappa shape index (κ1) is 26.6. The number of hydrogen-bond donors (Lipinski definition) is 0. The lowest BCUT2D eigenvalue weighted by Gasteiger charge is -2.27. The van der Waals surface area contributed by atoms with Crippen LogP contribution in [0.1, 0.15) is 5.56 Å². The van der Waals surface area contributed by atoms with Gasteiger partial charge in [-0.2, -0.15) is 0 Å². The Morgan fingerprint density at radius 3 is 2.14 bits per heavy atom. The van der Waals surface area contributed by atoms with E-state index >= 15 is 0 Å². The van der Waals surface area contributed by atoms with Gasteiger partial charge in [0.05, 0.1) is 22.6 Å². The highest BCUT2D eigenvalue weighted by atomic mass is 32.2. The molecule has 0 unspecified atom stereocenters. The van der Waals surface area contributed by atoms with Crippen molar-refractivity contribution in [1.82, 2.24) is 4.31 Å². The summed E-state index contributed by atoms with van der Waals surface area (Å²) >= 11 is 0. The third-order valence-electron chi connectivity index (χ3n) is 6.07. The molecule has 0 atom stereocenters. The summed E-state index contributed by atoms with van der Waals surface area (Å²) in [6.45, 7) is -0.281. The molecule has 3 aromatic rings. The number of rotatable bonds is 8. The van der Waals surface area contributed by atoms with E-state index in [-0.39, 0.29) is 22.0 Å². The fourth-order valence-corrected chi connectivity index (χ4v) is 6.38. The number of carbonyl (C=O) groups is 1. The quantitative estimate of drug-likeness (QED) is 0.430. The number of carbonyl (C=O) groups excluding carboxylic acids is 1. The SMILES string of the molecule is COc1ccc(S(=O)(=O)N(CC(=O)N2CCc3cc(S(=O)(=O)N(C)C)ccc32)c2ccc(F)cc2)cc1. The highest BCUT2D eigenvalue weighted by Gasteiger charge is 2.32. The first-order valence-electron chi connectivity index (χ1n) is 11.2. The number of halogens is 1. The topological polar surface area (TPSA) is 104 Å². The van der Waals surface area contributed by atoms with Crippen molar-refractivity contribution in [2.45, 2.75) is 16.2 Å². The second-order valence-corrected chi connectivity index (χ2v) is 12.6. The summed E-state index contributed by atoms with van der Waals surface area (Å²) < 4.78 is 72.9. The van der Waals surface area contributed by atoms with Crippen molar-refractivity contribution in [3.8, 4) is 5.75 Å². The van der Waals surface area contributed by atoms with Crippen LogP contribution in [0.5, 0.6) is 5.75 Å². The fourth-order valence-electron chi connectivity index (χ4n) is 4.01. The molecule has 37 heavy (non-hydrogen) atoms. The van der Waals surface area contributed by atoms with E-state index in [0.29, 0.717) is 23.4 Å². The molecule has 0 aromatic heterocycles. The molecule has 3 aromatic carbocycles. The molecule has 0 radical (unpaired) electrons. The highest BCUT2D eigenvalue weighted by Crippen LogP contribution is 2.32. The summed E-state index contributed by atoms with van der Waals surface area (Å²) in [6, 6.07) is 15.1. The molecule has 1 heterocycles. The summed E-state index contributed by atoms with van der Waals surface area (Å²) in [6.07, 6.45) is 0.416. The molecule has 4 rings (SSSR count). The Labute approximate surface area is 215 Å². The molecule has 1 aliphatic rings. The van der Waals surface area contributed by atoms with Gasteiger partial charge < -0.3 is 9.64 Å². The zero-order valence-corrected chi connectivity index (χ0v) is 22.1. The molecule has 0 aliphatic carbocycles. The molecule has 1 amide bonds. The molecule has 0 bridgehead atoms. The van der Waals surface area contributed by atoms with E-state index < -0.39 is 38.3 Å². The number of fused-ring (bicyclic) bond motifs is 1. The average Bonchev–Trinajstić information content (AvgIpc) is 3.31. The Bertz CT molecular complexity index is 1520. The summed E-state index contributed by atoms with van der Waals surface area (Å²) in [4.78, 5) is 14.9. The van der Waals surface area contributed by atoms with Crippen molar-refractivity contribution < 1.29 is 30.8 Å². The third kappa shape index (κ3) is 5.17. The maximum Gasteiger partial charge on any atom is 0.264 e. The number of anilines is 2. The van der Waals surface area contributed by atoms with Crippen molar-refractivity contribution in [3.05, 3.63) is 78.1 Å². The van der Waals surface area contributed by atoms with E-state index in [1.807, 2.05) is 0 Å². The lowest BCUT2D eigenvalue weighted by Crippen LogP contribution is -2.42. The summed E-state index contributed by atoms with van der Waals surface area (Å²) in [5.41, 5.74) is 1.31. The van der Waals surface area contributed by atoms with Gasteiger partial charge >= 0.3 is 0 Å². The van der Waals surface area contributed by atoms with Crippen LogP contribution in [0.4, 0.5) is 15.8 Å². The smallest absolute Gasteiger partial charge is 0.264 e. The van der Waals surface area contributed by atoms with Crippen LogP contribution in [0, 0.1) is 5.82 Å². The number of hydrogen-bond acceptors (Lipinski definition) is 6. The van der Waals surface area contributed by atoms with Crippen molar-refractivity contribution in [1.29, 1.82) is 0 Å². The zero-order valence-electron chi connectivity index (χ0n) is 20.5. The van der Waals surface area contributed by atoms with Gasteiger partial charge in [-0.05, 0) is 78.7 Å². The van der Waals surface area contributed by atoms with Crippen molar-refractivity contribution in [2.75, 3.05) is 43.5 Å². The van der Waals surface area contributed by atoms with Gasteiger partial charge in [0.2, 0.25) is 15.9 Å². The summed E-state index contributed by atoms with van der Waals surface area (Å²) in [5, 5.41) is 0. The fraction of sp³-hybridized carbons (Fsp3) is 0.240. The van der Waals surface area contributed by atoms with Crippen LogP contribution in [0.15, 0.2) is 76.5 Å². The van der Waals surface area contributed by atoms with E-state index in [4.69, 9.17) is 4.74 Å². The van der Waals surface area contributed by atoms with E-state index in [9.17, 15) is 26.0 Å². The van der Waals surface area contributed by atoms with E-state index in [1.165, 1.54) is 74.6 Å². The monoisotopic (exact) mass is 547 g/mol. The van der Waals surface area contributed by atoms with Gasteiger partial charge in [0.25, 0.3) is 10.0 Å². The Morgan fingerprint density at radius 1 is 0.919 bits per heavy atom. The molecular formula is C25H26FN3O6S2. The molecule has 12 heteroatoms. The van der Waals surface area contributed by atoms with Crippen LogP contribution < -0.4 is 13.9 Å². The maximum atomic E-state index is 13.6. The van der Waals surface area contributed by atoms with E-state index in [0.717, 1.165) is 20.7 Å². The normalized spacial score (nSPS) is 13.5. The number of nitrogens with zero attached hydrogens (tertiary/aromatic N) is 3. The van der Waals surface area contributed by atoms with Gasteiger partial charge in [-0.1, -0.05) is 0 Å². The number of amides is 1. The predicted octanol–water partition coefficient (Wildman–Crippen LogP) is 2.87. The minimum Gasteiger partial charge on any atom is -0.497 e. The second kappa shape index (κ2) is 10.1. The van der Waals surface area contributed by atoms with Crippen molar-refractivity contribution in [2.24, 2.45) is 0 Å². The standard InChI is InChI=1S/C25H26FN3O6S2/c1-27(2)36(31,32)23-12-13-24-18(16-23)14-15-28(24)25(30)17-29(20-6-4-19(26)5-7-20)37(33,34)22-10-8-21(35-3)9-11-22/h4-13,16H,14-15,17H2,1-3H3. The Morgan fingerprint density at radius 2 is 1.54 bits per heavy atom. The van der Waals surface area contributed by atoms with Crippen molar-refractivity contribution >= 4 is 37.3 Å². The number of sulfonamides is 2. The first-order chi connectivity index (χ1) is 17.4. The Hall–Kier alpha value is -3.48. The highest BCUT2D eigenvalue weighted by molar-refractivity contribution is 7.92. The Kier molecular flexibility index (Phi) is 7.27. The minimum atomic E-state index is -4.21. The van der Waals surface area contributed by atoms with Gasteiger partial charge in [-0.25, -0.2) is 25.5 Å². The minimum absolute atomic E-state index is 0.0641. The number of benzene rings is 3. The molecule has 0 N–H and O–H groups in total. The van der Waals surface area contributed by atoms with Crippen LogP contribution in [0.3, 0.4) is 0 Å². The van der Waals surface area contributed by atoms with E-state index in [1.54, 1.807) is 6.07 Å². The van der Waals surface area contributed by atoms with Crippen LogP contribution >= 0.6 is 0 Å².